The molecule has 6 heterocycles. The topological polar surface area (TPSA) is 99.7 Å². The van der Waals surface area contributed by atoms with Crippen molar-refractivity contribution in [3.05, 3.63) is 84.0 Å². The van der Waals surface area contributed by atoms with Gasteiger partial charge in [-0.1, -0.05) is 48.6 Å². The Bertz CT molecular complexity index is 2040. The third-order valence-electron chi connectivity index (χ3n) is 13.2. The summed E-state index contributed by atoms with van der Waals surface area (Å²) in [5, 5.41) is 0. The predicted molar refractivity (Wildman–Crippen MR) is 189 cm³/mol. The van der Waals surface area contributed by atoms with Crippen LogP contribution in [0.15, 0.2) is 72.8 Å². The lowest BCUT2D eigenvalue weighted by molar-refractivity contribution is -0.275. The molecule has 4 bridgehead atoms. The Morgan fingerprint density at radius 1 is 0.500 bits per heavy atom. The number of benzene rings is 2. The number of likely N-dealkylation sites (N-methyl/N-ethyl adjacent to an activating group) is 2. The normalized spacial score (nSPS) is 33.2. The van der Waals surface area contributed by atoms with E-state index in [0.29, 0.717) is 11.1 Å². The molecule has 4 amide bonds. The molecule has 0 aromatic heterocycles. The van der Waals surface area contributed by atoms with Gasteiger partial charge in [0.2, 0.25) is 23.6 Å². The Labute approximate surface area is 344 Å². The van der Waals surface area contributed by atoms with Crippen LogP contribution in [0.2, 0.25) is 0 Å². The van der Waals surface area contributed by atoms with Gasteiger partial charge in [0.15, 0.2) is 0 Å². The number of halogens is 12. The van der Waals surface area contributed by atoms with E-state index in [9.17, 15) is 71.9 Å². The van der Waals surface area contributed by atoms with Crippen molar-refractivity contribution in [1.29, 1.82) is 0 Å². The second-order valence-electron chi connectivity index (χ2n) is 16.1. The van der Waals surface area contributed by atoms with Crippen molar-refractivity contribution in [3.63, 3.8) is 0 Å². The van der Waals surface area contributed by atoms with Gasteiger partial charge in [0.05, 0.1) is 23.7 Å². The third kappa shape index (κ3) is 7.00. The van der Waals surface area contributed by atoms with Gasteiger partial charge >= 0.3 is 25.1 Å². The zero-order valence-corrected chi connectivity index (χ0v) is 32.7. The van der Waals surface area contributed by atoms with E-state index in [2.05, 4.69) is 9.47 Å². The average Bonchev–Trinajstić information content (AvgIpc) is 3.54. The number of ether oxygens (including phenoxy) is 2. The first kappa shape index (κ1) is 44.9. The molecule has 0 N–H and O–H groups in total. The van der Waals surface area contributed by atoms with Gasteiger partial charge in [-0.25, -0.2) is 0 Å². The lowest BCUT2D eigenvalue weighted by Crippen LogP contribution is -2.73. The second kappa shape index (κ2) is 14.7. The quantitative estimate of drug-likeness (QED) is 0.189. The van der Waals surface area contributed by atoms with E-state index < -0.39 is 119 Å². The lowest BCUT2D eigenvalue weighted by atomic mass is 9.59. The van der Waals surface area contributed by atoms with Crippen LogP contribution in [0, 0.1) is 35.5 Å². The number of amides is 4. The molecule has 10 atom stereocenters. The van der Waals surface area contributed by atoms with Crippen molar-refractivity contribution in [2.24, 2.45) is 35.5 Å². The maximum atomic E-state index is 14.4. The fourth-order valence-electron chi connectivity index (χ4n) is 10.4. The van der Waals surface area contributed by atoms with E-state index in [1.807, 2.05) is 0 Å². The van der Waals surface area contributed by atoms with Crippen LogP contribution in [0.4, 0.5) is 52.7 Å². The lowest BCUT2D eigenvalue weighted by Gasteiger charge is -2.58. The minimum Gasteiger partial charge on any atom is -0.406 e. The maximum Gasteiger partial charge on any atom is 0.573 e. The molecule has 62 heavy (non-hydrogen) atoms. The van der Waals surface area contributed by atoms with Crippen LogP contribution in [-0.4, -0.2) is 120 Å². The summed E-state index contributed by atoms with van der Waals surface area (Å²) in [7, 11) is 4.89. The molecule has 0 radical (unpaired) electrons. The van der Waals surface area contributed by atoms with E-state index in [1.54, 1.807) is 0 Å². The molecule has 0 unspecified atom stereocenters. The highest BCUT2D eigenvalue weighted by Crippen LogP contribution is 2.60. The Morgan fingerprint density at radius 2 is 0.806 bits per heavy atom. The molecule has 10 rings (SSSR count). The summed E-state index contributed by atoms with van der Waals surface area (Å²) >= 11 is 0. The van der Waals surface area contributed by atoms with Crippen LogP contribution >= 0.6 is 0 Å². The number of carbonyl (C=O) groups excluding carboxylic acids is 4. The smallest absolute Gasteiger partial charge is 0.406 e. The molecule has 2 aromatic carbocycles. The minimum absolute atomic E-state index is 0.0457. The van der Waals surface area contributed by atoms with Crippen LogP contribution in [0.25, 0.3) is 0 Å². The molecule has 2 aromatic rings. The zero-order valence-electron chi connectivity index (χ0n) is 32.7. The van der Waals surface area contributed by atoms with E-state index in [-0.39, 0.29) is 12.8 Å². The molecule has 10 nitrogen and oxygen atoms in total. The van der Waals surface area contributed by atoms with Gasteiger partial charge in [-0.2, -0.15) is 26.3 Å². The maximum absolute atomic E-state index is 14.4. The van der Waals surface area contributed by atoms with Gasteiger partial charge in [-0.15, -0.1) is 26.3 Å². The van der Waals surface area contributed by atoms with Crippen molar-refractivity contribution in [2.45, 2.75) is 61.1 Å². The SMILES string of the molecule is CN1C(=O)[C@H]2[C@H]3C=C[C@@](C(F)(F)F)([C@H]2C1=O)N(C)[C@@H]3Cc1ccc(OC(F)(F)F)cc1.CN1C(=O)[C@H]2[C@H]3C=C[C@@](C(F)(F)F)([C@H]2C1=O)N(C)[C@@H]3Cc1ccc(OC(F)(F)F)cc1. The first-order valence-corrected chi connectivity index (χ1v) is 18.9. The van der Waals surface area contributed by atoms with E-state index in [0.717, 1.165) is 56.0 Å². The number of hydrogen-bond acceptors (Lipinski definition) is 8. The molecule has 4 saturated heterocycles. The highest BCUT2D eigenvalue weighted by Gasteiger charge is 2.76. The van der Waals surface area contributed by atoms with E-state index in [4.69, 9.17) is 0 Å². The number of rotatable bonds is 6. The first-order chi connectivity index (χ1) is 28.6. The van der Waals surface area contributed by atoms with Crippen LogP contribution in [-0.2, 0) is 32.0 Å². The summed E-state index contributed by atoms with van der Waals surface area (Å²) in [6.07, 6.45) is -14.6. The van der Waals surface area contributed by atoms with Gasteiger partial charge in [-0.05, 0) is 62.3 Å². The number of likely N-dealkylation sites (tertiary alicyclic amines) is 2. The molecule has 336 valence electrons. The van der Waals surface area contributed by atoms with E-state index in [1.165, 1.54) is 64.6 Å². The molecular weight excluding hydrogens is 860 g/mol. The van der Waals surface area contributed by atoms with Crippen molar-refractivity contribution in [3.8, 4) is 11.5 Å². The minimum atomic E-state index is -4.86. The largest absolute Gasteiger partial charge is 0.573 e. The Kier molecular flexibility index (Phi) is 10.7. The number of hydrogen-bond donors (Lipinski definition) is 0. The fraction of sp³-hybridized carbons (Fsp3) is 0.500. The molecule has 0 saturated carbocycles. The van der Waals surface area contributed by atoms with Crippen molar-refractivity contribution in [2.75, 3.05) is 28.2 Å². The van der Waals surface area contributed by atoms with Gasteiger partial charge in [0.1, 0.15) is 22.6 Å². The van der Waals surface area contributed by atoms with Crippen molar-refractivity contribution < 1.29 is 81.3 Å². The number of imide groups is 2. The fourth-order valence-corrected chi connectivity index (χ4v) is 10.4. The van der Waals surface area contributed by atoms with Crippen LogP contribution in [0.1, 0.15) is 11.1 Å². The first-order valence-electron chi connectivity index (χ1n) is 18.9. The number of carbonyl (C=O) groups is 4. The zero-order chi connectivity index (χ0) is 45.9. The standard InChI is InChI=1S/2C20H18F6N2O3/c2*1-27-16(29)14-12-7-8-18(19(21,22)23,15(14)17(27)30)28(2)13(12)9-10-3-5-11(6-4-10)31-20(24,25)26/h2*3-8,12-15H,9H2,1-2H3/t2*12-,13+,14-,15+,18-/m00/s1. The van der Waals surface area contributed by atoms with Crippen molar-refractivity contribution >= 4 is 23.6 Å². The molecule has 6 aliphatic heterocycles. The van der Waals surface area contributed by atoms with Crippen LogP contribution < -0.4 is 9.47 Å². The average molecular weight is 897 g/mol. The number of piperidine rings is 2. The molecule has 4 fully saturated rings. The Morgan fingerprint density at radius 3 is 1.08 bits per heavy atom. The summed E-state index contributed by atoms with van der Waals surface area (Å²) in [6.45, 7) is 0. The van der Waals surface area contributed by atoms with Gasteiger partial charge < -0.3 is 9.47 Å². The van der Waals surface area contributed by atoms with Gasteiger partial charge in [0.25, 0.3) is 0 Å². The summed E-state index contributed by atoms with van der Waals surface area (Å²) < 4.78 is 168. The third-order valence-corrected chi connectivity index (χ3v) is 13.2. The highest BCUT2D eigenvalue weighted by molar-refractivity contribution is 6.07. The molecule has 8 aliphatic rings. The van der Waals surface area contributed by atoms with E-state index >= 15 is 0 Å². The Hall–Kier alpha value is -5.12. The summed E-state index contributed by atoms with van der Waals surface area (Å²) in [5.41, 5.74) is -4.31. The monoisotopic (exact) mass is 896 g/mol. The molecular formula is C40H36F12N4O6. The van der Waals surface area contributed by atoms with Crippen molar-refractivity contribution in [1.82, 2.24) is 19.6 Å². The van der Waals surface area contributed by atoms with Gasteiger partial charge in [0, 0.05) is 38.0 Å². The summed E-state index contributed by atoms with van der Waals surface area (Å²) in [6, 6.07) is 8.12. The number of alkyl halides is 12. The highest BCUT2D eigenvalue weighted by atomic mass is 19.4. The summed E-state index contributed by atoms with van der Waals surface area (Å²) in [4.78, 5) is 54.2. The molecule has 0 spiro atoms. The summed E-state index contributed by atoms with van der Waals surface area (Å²) in [5.74, 6) is -10.6. The number of nitrogens with zero attached hydrogens (tertiary/aromatic N) is 4. The van der Waals surface area contributed by atoms with Gasteiger partial charge in [-0.3, -0.25) is 38.8 Å². The Balaban J connectivity index is 0.000000186. The molecule has 22 heteroatoms. The molecule has 2 aliphatic carbocycles. The predicted octanol–water partition coefficient (Wildman–Crippen LogP) is 6.32. The van der Waals surface area contributed by atoms with Crippen LogP contribution in [0.3, 0.4) is 0 Å². The number of fused-ring (bicyclic) bond motifs is 2. The van der Waals surface area contributed by atoms with Crippen LogP contribution in [0.5, 0.6) is 11.5 Å². The second-order valence-corrected chi connectivity index (χ2v) is 16.1.